The summed E-state index contributed by atoms with van der Waals surface area (Å²) in [7, 11) is 1.66. The number of carbonyl (C=O) groups excluding carboxylic acids is 1. The molecule has 0 saturated heterocycles. The van der Waals surface area contributed by atoms with Crippen LogP contribution in [0.4, 0.5) is 11.4 Å². The van der Waals surface area contributed by atoms with Crippen LogP contribution in [0.15, 0.2) is 66.9 Å². The predicted molar refractivity (Wildman–Crippen MR) is 106 cm³/mol. The Balaban J connectivity index is 1.50. The van der Waals surface area contributed by atoms with E-state index in [-0.39, 0.29) is 5.91 Å². The first-order chi connectivity index (χ1) is 13.3. The van der Waals surface area contributed by atoms with Gasteiger partial charge in [0.1, 0.15) is 11.4 Å². The van der Waals surface area contributed by atoms with Gasteiger partial charge in [-0.1, -0.05) is 36.4 Å². The van der Waals surface area contributed by atoms with Crippen molar-refractivity contribution in [2.75, 3.05) is 23.9 Å². The molecule has 0 fully saturated rings. The van der Waals surface area contributed by atoms with E-state index in [1.54, 1.807) is 19.4 Å². The summed E-state index contributed by atoms with van der Waals surface area (Å²) in [5.74, 6) is 0.768. The van der Waals surface area contributed by atoms with Gasteiger partial charge in [-0.3, -0.25) is 9.78 Å². The third kappa shape index (κ3) is 3.49. The molecule has 1 amide bonds. The van der Waals surface area contributed by atoms with E-state index >= 15 is 0 Å². The van der Waals surface area contributed by atoms with Gasteiger partial charge in [0.05, 0.1) is 7.11 Å². The summed E-state index contributed by atoms with van der Waals surface area (Å²) < 4.78 is 5.38. The Hall–Kier alpha value is -3.34. The summed E-state index contributed by atoms with van der Waals surface area (Å²) in [5, 5.41) is 3.35. The van der Waals surface area contributed by atoms with E-state index in [9.17, 15) is 4.79 Å². The average molecular weight is 359 g/mol. The van der Waals surface area contributed by atoms with Gasteiger partial charge in [0.15, 0.2) is 0 Å². The number of anilines is 2. The van der Waals surface area contributed by atoms with E-state index < -0.39 is 0 Å². The van der Waals surface area contributed by atoms with E-state index in [1.807, 2.05) is 53.4 Å². The number of amides is 1. The molecule has 0 saturated carbocycles. The number of aromatic nitrogens is 1. The number of nitrogens with zero attached hydrogens (tertiary/aromatic N) is 2. The highest BCUT2D eigenvalue weighted by molar-refractivity contribution is 6.06. The van der Waals surface area contributed by atoms with Gasteiger partial charge < -0.3 is 15.0 Å². The molecular formula is C22H21N3O2. The lowest BCUT2D eigenvalue weighted by Gasteiger charge is -2.17. The van der Waals surface area contributed by atoms with Crippen LogP contribution in [0.5, 0.6) is 5.75 Å². The number of benzene rings is 2. The Labute approximate surface area is 158 Å². The van der Waals surface area contributed by atoms with Gasteiger partial charge in [-0.25, -0.2) is 0 Å². The minimum absolute atomic E-state index is 0.0686. The fourth-order valence-corrected chi connectivity index (χ4v) is 3.39. The molecule has 1 N–H and O–H groups in total. The van der Waals surface area contributed by atoms with Crippen molar-refractivity contribution in [2.24, 2.45) is 0 Å². The molecule has 1 aliphatic heterocycles. The summed E-state index contributed by atoms with van der Waals surface area (Å²) in [6.45, 7) is 1.30. The number of ether oxygens (including phenoxy) is 1. The molecule has 2 aromatic carbocycles. The predicted octanol–water partition coefficient (Wildman–Crippen LogP) is 3.91. The maximum atomic E-state index is 13.0. The van der Waals surface area contributed by atoms with Crippen molar-refractivity contribution in [2.45, 2.75) is 13.0 Å². The Bertz CT molecular complexity index is 971. The number of methoxy groups -OCH3 is 1. The van der Waals surface area contributed by atoms with Crippen LogP contribution in [-0.4, -0.2) is 24.5 Å². The largest absolute Gasteiger partial charge is 0.496 e. The summed E-state index contributed by atoms with van der Waals surface area (Å²) in [6.07, 6.45) is 2.55. The molecule has 0 spiro atoms. The second kappa shape index (κ2) is 7.50. The van der Waals surface area contributed by atoms with Crippen LogP contribution in [0.2, 0.25) is 0 Å². The van der Waals surface area contributed by atoms with Gasteiger partial charge in [-0.05, 0) is 36.2 Å². The van der Waals surface area contributed by atoms with Crippen LogP contribution in [0.25, 0.3) is 0 Å². The average Bonchev–Trinajstić information content (AvgIpc) is 3.16. The first-order valence-corrected chi connectivity index (χ1v) is 8.98. The highest BCUT2D eigenvalue weighted by Crippen LogP contribution is 2.29. The molecule has 136 valence electrons. The number of para-hydroxylation sites is 2. The van der Waals surface area contributed by atoms with Gasteiger partial charge in [0.2, 0.25) is 0 Å². The Morgan fingerprint density at radius 1 is 1.15 bits per heavy atom. The number of fused-ring (bicyclic) bond motifs is 1. The van der Waals surface area contributed by atoms with E-state index in [0.717, 1.165) is 29.1 Å². The van der Waals surface area contributed by atoms with Crippen molar-refractivity contribution >= 4 is 17.3 Å². The second-order valence-electron chi connectivity index (χ2n) is 6.43. The quantitative estimate of drug-likeness (QED) is 0.751. The molecule has 5 heteroatoms. The van der Waals surface area contributed by atoms with Crippen molar-refractivity contribution in [3.05, 3.63) is 83.7 Å². The first kappa shape index (κ1) is 17.1. The highest BCUT2D eigenvalue weighted by Gasteiger charge is 2.25. The molecule has 0 bridgehead atoms. The molecule has 27 heavy (non-hydrogen) atoms. The highest BCUT2D eigenvalue weighted by atomic mass is 16.5. The topological polar surface area (TPSA) is 54.5 Å². The molecule has 0 radical (unpaired) electrons. The molecule has 0 atom stereocenters. The van der Waals surface area contributed by atoms with Crippen LogP contribution in [-0.2, 0) is 13.0 Å². The molecule has 1 aliphatic rings. The molecule has 0 unspecified atom stereocenters. The minimum Gasteiger partial charge on any atom is -0.496 e. The maximum absolute atomic E-state index is 13.0. The summed E-state index contributed by atoms with van der Waals surface area (Å²) >= 11 is 0. The number of pyridine rings is 1. The molecule has 1 aromatic heterocycles. The number of carbonyl (C=O) groups is 1. The van der Waals surface area contributed by atoms with Crippen LogP contribution in [0, 0.1) is 0 Å². The van der Waals surface area contributed by atoms with Gasteiger partial charge in [-0.2, -0.15) is 0 Å². The van der Waals surface area contributed by atoms with E-state index in [1.165, 1.54) is 5.56 Å². The van der Waals surface area contributed by atoms with Crippen molar-refractivity contribution < 1.29 is 9.53 Å². The monoisotopic (exact) mass is 359 g/mol. The lowest BCUT2D eigenvalue weighted by Crippen LogP contribution is -2.29. The van der Waals surface area contributed by atoms with Crippen molar-refractivity contribution in [3.8, 4) is 5.75 Å². The lowest BCUT2D eigenvalue weighted by atomic mass is 10.2. The molecule has 4 rings (SSSR count). The Morgan fingerprint density at radius 3 is 2.85 bits per heavy atom. The molecule has 3 aromatic rings. The maximum Gasteiger partial charge on any atom is 0.276 e. The first-order valence-electron chi connectivity index (χ1n) is 8.98. The number of nitrogens with one attached hydrogen (secondary N) is 1. The van der Waals surface area contributed by atoms with Gasteiger partial charge in [0, 0.05) is 36.2 Å². The fourth-order valence-electron chi connectivity index (χ4n) is 3.39. The molecular weight excluding hydrogens is 338 g/mol. The van der Waals surface area contributed by atoms with Gasteiger partial charge in [-0.15, -0.1) is 0 Å². The number of hydrogen-bond acceptors (Lipinski definition) is 4. The number of hydrogen-bond donors (Lipinski definition) is 1. The molecule has 0 aliphatic carbocycles. The van der Waals surface area contributed by atoms with Crippen molar-refractivity contribution in [3.63, 3.8) is 0 Å². The van der Waals surface area contributed by atoms with E-state index in [4.69, 9.17) is 4.74 Å². The van der Waals surface area contributed by atoms with E-state index in [2.05, 4.69) is 16.4 Å². The van der Waals surface area contributed by atoms with Crippen LogP contribution in [0.1, 0.15) is 21.6 Å². The zero-order valence-corrected chi connectivity index (χ0v) is 15.2. The second-order valence-corrected chi connectivity index (χ2v) is 6.43. The molecule has 2 heterocycles. The third-order valence-corrected chi connectivity index (χ3v) is 4.79. The molecule has 5 nitrogen and oxygen atoms in total. The zero-order valence-electron chi connectivity index (χ0n) is 15.2. The van der Waals surface area contributed by atoms with Crippen LogP contribution < -0.4 is 15.0 Å². The van der Waals surface area contributed by atoms with Gasteiger partial charge in [0.25, 0.3) is 5.91 Å². The summed E-state index contributed by atoms with van der Waals surface area (Å²) in [6, 6.07) is 19.6. The number of rotatable bonds is 5. The summed E-state index contributed by atoms with van der Waals surface area (Å²) in [5.41, 5.74) is 4.54. The standard InChI is InChI=1S/C22H21N3O2/c1-27-21-9-5-3-7-17(21)15-24-18-10-12-23-19(14-18)22(26)25-13-11-16-6-2-4-8-20(16)25/h2-10,12,14H,11,13,15H2,1H3,(H,23,24). The SMILES string of the molecule is COc1ccccc1CNc1ccnc(C(=O)N2CCc3ccccc32)c1. The third-order valence-electron chi connectivity index (χ3n) is 4.79. The van der Waals surface area contributed by atoms with Crippen molar-refractivity contribution in [1.29, 1.82) is 0 Å². The minimum atomic E-state index is -0.0686. The van der Waals surface area contributed by atoms with Crippen LogP contribution >= 0.6 is 0 Å². The van der Waals surface area contributed by atoms with Crippen LogP contribution in [0.3, 0.4) is 0 Å². The lowest BCUT2D eigenvalue weighted by molar-refractivity contribution is 0.0984. The fraction of sp³-hybridized carbons (Fsp3) is 0.182. The Kier molecular flexibility index (Phi) is 4.75. The van der Waals surface area contributed by atoms with E-state index in [0.29, 0.717) is 18.8 Å². The van der Waals surface area contributed by atoms with Gasteiger partial charge >= 0.3 is 0 Å². The smallest absolute Gasteiger partial charge is 0.276 e. The zero-order chi connectivity index (χ0) is 18.6. The summed E-state index contributed by atoms with van der Waals surface area (Å²) in [4.78, 5) is 19.0. The van der Waals surface area contributed by atoms with Crippen molar-refractivity contribution in [1.82, 2.24) is 4.98 Å². The normalized spacial score (nSPS) is 12.6. The Morgan fingerprint density at radius 2 is 1.96 bits per heavy atom.